The number of nitro groups is 1. The van der Waals surface area contributed by atoms with Crippen molar-refractivity contribution in [1.82, 2.24) is 0 Å². The Hall–Kier alpha value is -1.34. The van der Waals surface area contributed by atoms with Crippen LogP contribution in [0.15, 0.2) is 17.0 Å². The number of hydrogen-bond acceptors (Lipinski definition) is 5. The zero-order chi connectivity index (χ0) is 15.3. The molecule has 0 aliphatic heterocycles. The molecule has 0 aliphatic carbocycles. The number of rotatable bonds is 7. The monoisotopic (exact) mass is 321 g/mol. The second-order valence-electron chi connectivity index (χ2n) is 4.34. The van der Waals surface area contributed by atoms with Crippen molar-refractivity contribution in [3.05, 3.63) is 27.8 Å². The molecule has 0 unspecified atom stereocenters. The highest BCUT2D eigenvalue weighted by Gasteiger charge is 2.23. The van der Waals surface area contributed by atoms with Crippen molar-refractivity contribution in [2.75, 3.05) is 6.61 Å². The summed E-state index contributed by atoms with van der Waals surface area (Å²) < 4.78 is 28.1. The fourth-order valence-electron chi connectivity index (χ4n) is 1.71. The molecule has 0 aliphatic rings. The van der Waals surface area contributed by atoms with Gasteiger partial charge in [-0.05, 0) is 25.0 Å². The van der Waals surface area contributed by atoms with Crippen molar-refractivity contribution >= 4 is 25.4 Å². The lowest BCUT2D eigenvalue weighted by atomic mass is 10.2. The van der Waals surface area contributed by atoms with Crippen LogP contribution in [0, 0.1) is 17.0 Å². The van der Waals surface area contributed by atoms with E-state index >= 15 is 0 Å². The van der Waals surface area contributed by atoms with Crippen LogP contribution in [0.25, 0.3) is 0 Å². The highest BCUT2D eigenvalue weighted by molar-refractivity contribution is 8.13. The molecule has 0 fully saturated rings. The molecule has 1 aromatic rings. The molecule has 1 aromatic carbocycles. The van der Waals surface area contributed by atoms with Crippen LogP contribution in [-0.2, 0) is 9.05 Å². The summed E-state index contributed by atoms with van der Waals surface area (Å²) in [7, 11) is 1.22. The normalized spacial score (nSPS) is 11.3. The van der Waals surface area contributed by atoms with Gasteiger partial charge in [0.1, 0.15) is 0 Å². The van der Waals surface area contributed by atoms with Crippen LogP contribution in [0.4, 0.5) is 5.69 Å². The molecule has 20 heavy (non-hydrogen) atoms. The Balaban J connectivity index is 3.12. The van der Waals surface area contributed by atoms with Crippen LogP contribution in [0.3, 0.4) is 0 Å². The molecule has 6 nitrogen and oxygen atoms in total. The molecule has 0 saturated carbocycles. The van der Waals surface area contributed by atoms with E-state index in [1.807, 2.05) is 6.92 Å². The minimum Gasteiger partial charge on any atom is -0.487 e. The van der Waals surface area contributed by atoms with Crippen molar-refractivity contribution in [3.8, 4) is 5.75 Å². The second kappa shape index (κ2) is 6.90. The predicted molar refractivity (Wildman–Crippen MR) is 75.9 cm³/mol. The van der Waals surface area contributed by atoms with Gasteiger partial charge < -0.3 is 4.74 Å². The van der Waals surface area contributed by atoms with Crippen molar-refractivity contribution in [3.63, 3.8) is 0 Å². The first kappa shape index (κ1) is 16.7. The second-order valence-corrected chi connectivity index (χ2v) is 6.87. The summed E-state index contributed by atoms with van der Waals surface area (Å²) >= 11 is 0. The third kappa shape index (κ3) is 4.35. The fraction of sp³-hybridized carbons (Fsp3) is 0.500. The Morgan fingerprint density at radius 3 is 2.50 bits per heavy atom. The molecule has 112 valence electrons. The van der Waals surface area contributed by atoms with Crippen molar-refractivity contribution < 1.29 is 18.1 Å². The summed E-state index contributed by atoms with van der Waals surface area (Å²) in [4.78, 5) is 10.0. The van der Waals surface area contributed by atoms with E-state index in [-0.39, 0.29) is 10.6 Å². The average Bonchev–Trinajstić information content (AvgIpc) is 2.32. The molecule has 8 heteroatoms. The van der Waals surface area contributed by atoms with E-state index in [9.17, 15) is 18.5 Å². The van der Waals surface area contributed by atoms with Crippen LogP contribution in [-0.4, -0.2) is 19.9 Å². The van der Waals surface area contributed by atoms with Gasteiger partial charge in [0.25, 0.3) is 9.05 Å². The summed E-state index contributed by atoms with van der Waals surface area (Å²) in [6.45, 7) is 3.89. The van der Waals surface area contributed by atoms with Crippen LogP contribution in [0.5, 0.6) is 5.75 Å². The van der Waals surface area contributed by atoms with Gasteiger partial charge in [-0.25, -0.2) is 8.42 Å². The van der Waals surface area contributed by atoms with Gasteiger partial charge in [0.15, 0.2) is 5.75 Å². The molecular formula is C12H16ClNO5S. The maximum atomic E-state index is 11.3. The van der Waals surface area contributed by atoms with E-state index in [1.165, 1.54) is 13.0 Å². The van der Waals surface area contributed by atoms with Gasteiger partial charge in [0.05, 0.1) is 16.4 Å². The van der Waals surface area contributed by atoms with Crippen molar-refractivity contribution in [2.24, 2.45) is 0 Å². The maximum absolute atomic E-state index is 11.3. The van der Waals surface area contributed by atoms with Gasteiger partial charge in [-0.2, -0.15) is 0 Å². The number of nitro benzene ring substituents is 1. The summed E-state index contributed by atoms with van der Waals surface area (Å²) in [5.41, 5.74) is -0.0811. The minimum absolute atomic E-state index is 0.0627. The van der Waals surface area contributed by atoms with E-state index in [0.29, 0.717) is 12.2 Å². The predicted octanol–water partition coefficient (Wildman–Crippen LogP) is 3.40. The zero-order valence-corrected chi connectivity index (χ0v) is 12.8. The first-order valence-corrected chi connectivity index (χ1v) is 8.44. The quantitative estimate of drug-likeness (QED) is 0.332. The summed E-state index contributed by atoms with van der Waals surface area (Å²) in [5.74, 6) is 0.0627. The Kier molecular flexibility index (Phi) is 5.76. The molecule has 0 aromatic heterocycles. The number of halogens is 1. The topological polar surface area (TPSA) is 86.5 Å². The van der Waals surface area contributed by atoms with Gasteiger partial charge in [-0.1, -0.05) is 19.8 Å². The molecule has 0 bridgehead atoms. The van der Waals surface area contributed by atoms with Gasteiger partial charge in [-0.3, -0.25) is 10.1 Å². The third-order valence-electron chi connectivity index (χ3n) is 2.72. The van der Waals surface area contributed by atoms with Gasteiger partial charge >= 0.3 is 5.69 Å². The molecule has 0 spiro atoms. The van der Waals surface area contributed by atoms with E-state index < -0.39 is 19.7 Å². The maximum Gasteiger partial charge on any atom is 0.312 e. The lowest BCUT2D eigenvalue weighted by Crippen LogP contribution is -2.03. The van der Waals surface area contributed by atoms with Gasteiger partial charge in [-0.15, -0.1) is 0 Å². The van der Waals surface area contributed by atoms with Crippen LogP contribution in [0.2, 0.25) is 0 Å². The number of unbranched alkanes of at least 4 members (excludes halogenated alkanes) is 2. The van der Waals surface area contributed by atoms with Gasteiger partial charge in [0.2, 0.25) is 0 Å². The van der Waals surface area contributed by atoms with E-state index in [4.69, 9.17) is 15.4 Å². The lowest BCUT2D eigenvalue weighted by molar-refractivity contribution is -0.386. The molecule has 0 amide bonds. The van der Waals surface area contributed by atoms with E-state index in [0.717, 1.165) is 25.3 Å². The summed E-state index contributed by atoms with van der Waals surface area (Å²) in [6, 6.07) is 2.27. The van der Waals surface area contributed by atoms with Crippen LogP contribution < -0.4 is 4.74 Å². The molecule has 0 radical (unpaired) electrons. The summed E-state index contributed by atoms with van der Waals surface area (Å²) in [6.07, 6.45) is 2.75. The molecule has 1 rings (SSSR count). The molecule has 0 atom stereocenters. The molecule has 0 N–H and O–H groups in total. The number of benzene rings is 1. The number of nitrogens with zero attached hydrogens (tertiary/aromatic N) is 1. The number of aryl methyl sites for hydroxylation is 1. The molecule has 0 saturated heterocycles. The lowest BCUT2D eigenvalue weighted by Gasteiger charge is -2.09. The SMILES string of the molecule is CCCCCOc1cc(C)c(S(=O)(=O)Cl)cc1[N+](=O)[O-]. The highest BCUT2D eigenvalue weighted by atomic mass is 35.7. The van der Waals surface area contributed by atoms with E-state index in [2.05, 4.69) is 0 Å². The Morgan fingerprint density at radius 2 is 2.00 bits per heavy atom. The molecular weight excluding hydrogens is 306 g/mol. The smallest absolute Gasteiger partial charge is 0.312 e. The Bertz CT molecular complexity index is 600. The Labute approximate surface area is 122 Å². The van der Waals surface area contributed by atoms with Crippen molar-refractivity contribution in [2.45, 2.75) is 38.0 Å². The van der Waals surface area contributed by atoms with Crippen LogP contribution in [0.1, 0.15) is 31.7 Å². The fourth-order valence-corrected chi connectivity index (χ4v) is 2.90. The first-order valence-electron chi connectivity index (χ1n) is 6.14. The zero-order valence-electron chi connectivity index (χ0n) is 11.3. The minimum atomic E-state index is -4.02. The first-order chi connectivity index (χ1) is 9.27. The highest BCUT2D eigenvalue weighted by Crippen LogP contribution is 2.33. The molecule has 0 heterocycles. The average molecular weight is 322 g/mol. The third-order valence-corrected chi connectivity index (χ3v) is 4.19. The van der Waals surface area contributed by atoms with E-state index in [1.54, 1.807) is 0 Å². The largest absolute Gasteiger partial charge is 0.487 e. The van der Waals surface area contributed by atoms with Gasteiger partial charge in [0, 0.05) is 16.7 Å². The van der Waals surface area contributed by atoms with Crippen molar-refractivity contribution in [1.29, 1.82) is 0 Å². The standard InChI is InChI=1S/C12H16ClNO5S/c1-3-4-5-6-19-11-7-9(2)12(20(13,17)18)8-10(11)14(15)16/h7-8H,3-6H2,1-2H3. The van der Waals surface area contributed by atoms with Crippen LogP contribution >= 0.6 is 10.7 Å². The number of hydrogen-bond donors (Lipinski definition) is 0. The summed E-state index contributed by atoms with van der Waals surface area (Å²) in [5, 5.41) is 11.0. The number of ether oxygens (including phenoxy) is 1. The Morgan fingerprint density at radius 1 is 1.35 bits per heavy atom.